The Bertz CT molecular complexity index is 3170. The molecule has 8 aromatic carbocycles. The molecule has 262 valence electrons. The van der Waals surface area contributed by atoms with Gasteiger partial charge in [0.15, 0.2) is 11.2 Å². The van der Waals surface area contributed by atoms with Crippen molar-refractivity contribution in [1.29, 1.82) is 0 Å². The SMILES string of the molecule is c1ccc2oc(-c3ccc4c(c3)c3ccccc3n4-c3ccc(-c4ccc(-n5c6ccccc6c6cc(-c7nc8ccccc8o7)ccc65)cc4)cc3)nc2c1. The number of para-hydroxylation sites is 6. The summed E-state index contributed by atoms with van der Waals surface area (Å²) < 4.78 is 16.9. The zero-order chi connectivity index (χ0) is 36.7. The molecule has 4 heterocycles. The Kier molecular flexibility index (Phi) is 6.53. The molecule has 0 fully saturated rings. The van der Waals surface area contributed by atoms with Crippen LogP contribution < -0.4 is 0 Å². The highest BCUT2D eigenvalue weighted by molar-refractivity contribution is 6.11. The Morgan fingerprint density at radius 1 is 0.321 bits per heavy atom. The van der Waals surface area contributed by atoms with Gasteiger partial charge in [-0.2, -0.15) is 0 Å². The first-order valence-corrected chi connectivity index (χ1v) is 18.7. The molecule has 0 aliphatic carbocycles. The van der Waals surface area contributed by atoms with E-state index >= 15 is 0 Å². The molecule has 0 radical (unpaired) electrons. The highest BCUT2D eigenvalue weighted by atomic mass is 16.4. The number of oxazole rings is 2. The molecule has 0 saturated carbocycles. The average Bonchev–Trinajstić information content (AvgIpc) is 4.04. The topological polar surface area (TPSA) is 61.9 Å². The smallest absolute Gasteiger partial charge is 0.227 e. The zero-order valence-corrected chi connectivity index (χ0v) is 29.9. The lowest BCUT2D eigenvalue weighted by Crippen LogP contribution is -1.95. The average molecular weight is 719 g/mol. The Labute approximate surface area is 320 Å². The van der Waals surface area contributed by atoms with E-state index in [4.69, 9.17) is 18.8 Å². The maximum Gasteiger partial charge on any atom is 0.227 e. The Morgan fingerprint density at radius 3 is 1.14 bits per heavy atom. The van der Waals surface area contributed by atoms with Crippen molar-refractivity contribution in [2.75, 3.05) is 0 Å². The summed E-state index contributed by atoms with van der Waals surface area (Å²) in [6.07, 6.45) is 0. The summed E-state index contributed by atoms with van der Waals surface area (Å²) in [6, 6.07) is 63.6. The molecule has 12 rings (SSSR count). The molecule has 6 heteroatoms. The van der Waals surface area contributed by atoms with E-state index < -0.39 is 0 Å². The van der Waals surface area contributed by atoms with Crippen molar-refractivity contribution in [3.63, 3.8) is 0 Å². The first-order valence-electron chi connectivity index (χ1n) is 18.7. The van der Waals surface area contributed by atoms with Gasteiger partial charge in [0, 0.05) is 44.0 Å². The van der Waals surface area contributed by atoms with Crippen LogP contribution in [0.15, 0.2) is 191 Å². The summed E-state index contributed by atoms with van der Waals surface area (Å²) in [5.74, 6) is 1.26. The van der Waals surface area contributed by atoms with Crippen molar-refractivity contribution < 1.29 is 8.83 Å². The molecule has 0 atom stereocenters. The maximum atomic E-state index is 6.13. The molecule has 4 aromatic heterocycles. The van der Waals surface area contributed by atoms with Gasteiger partial charge in [-0.25, -0.2) is 9.97 Å². The second-order valence-corrected chi connectivity index (χ2v) is 14.2. The van der Waals surface area contributed by atoms with E-state index in [1.165, 1.54) is 10.8 Å². The third kappa shape index (κ3) is 4.69. The monoisotopic (exact) mass is 718 g/mol. The Balaban J connectivity index is 0.891. The van der Waals surface area contributed by atoms with Gasteiger partial charge in [0.1, 0.15) is 11.0 Å². The minimum absolute atomic E-state index is 0.629. The van der Waals surface area contributed by atoms with E-state index in [1.54, 1.807) is 0 Å². The van der Waals surface area contributed by atoms with E-state index in [9.17, 15) is 0 Å². The van der Waals surface area contributed by atoms with Crippen LogP contribution in [0.4, 0.5) is 0 Å². The predicted molar refractivity (Wildman–Crippen MR) is 227 cm³/mol. The van der Waals surface area contributed by atoms with Crippen LogP contribution in [0, 0.1) is 0 Å². The van der Waals surface area contributed by atoms with Crippen LogP contribution in [0.25, 0.3) is 111 Å². The van der Waals surface area contributed by atoms with Crippen LogP contribution in [0.2, 0.25) is 0 Å². The van der Waals surface area contributed by atoms with Gasteiger partial charge in [-0.15, -0.1) is 0 Å². The second kappa shape index (κ2) is 11.9. The number of hydrogen-bond donors (Lipinski definition) is 0. The molecular formula is C50H30N4O2. The van der Waals surface area contributed by atoms with Gasteiger partial charge in [0.05, 0.1) is 22.1 Å². The summed E-state index contributed by atoms with van der Waals surface area (Å²) in [4.78, 5) is 9.52. The number of benzene rings is 8. The number of aromatic nitrogens is 4. The van der Waals surface area contributed by atoms with Gasteiger partial charge >= 0.3 is 0 Å². The van der Waals surface area contributed by atoms with Gasteiger partial charge in [-0.3, -0.25) is 0 Å². The van der Waals surface area contributed by atoms with Crippen molar-refractivity contribution in [1.82, 2.24) is 19.1 Å². The van der Waals surface area contributed by atoms with E-state index in [2.05, 4.69) is 143 Å². The molecule has 0 N–H and O–H groups in total. The molecule has 0 unspecified atom stereocenters. The van der Waals surface area contributed by atoms with Crippen LogP contribution in [0.3, 0.4) is 0 Å². The fourth-order valence-corrected chi connectivity index (χ4v) is 8.37. The Hall–Kier alpha value is -7.70. The van der Waals surface area contributed by atoms with Crippen LogP contribution >= 0.6 is 0 Å². The number of fused-ring (bicyclic) bond motifs is 8. The third-order valence-electron chi connectivity index (χ3n) is 11.0. The molecular weight excluding hydrogens is 689 g/mol. The molecule has 0 spiro atoms. The normalized spacial score (nSPS) is 11.9. The van der Waals surface area contributed by atoms with Gasteiger partial charge in [-0.1, -0.05) is 84.9 Å². The fourth-order valence-electron chi connectivity index (χ4n) is 8.37. The van der Waals surface area contributed by atoms with Crippen LogP contribution in [0.5, 0.6) is 0 Å². The van der Waals surface area contributed by atoms with Crippen LogP contribution in [0.1, 0.15) is 0 Å². The largest absolute Gasteiger partial charge is 0.436 e. The molecule has 0 amide bonds. The standard InChI is InChI=1S/C50H30N4O2/c1-5-13-43-37(9-1)39-29-33(49-51-41-11-3-7-15-47(41)55-49)21-27-45(39)53(43)35-23-17-31(18-24-35)32-19-25-36(26-20-32)54-44-14-6-2-10-38(44)40-30-34(22-28-46(40)54)50-52-42-12-4-8-16-48(42)56-50/h1-30H. The summed E-state index contributed by atoms with van der Waals surface area (Å²) >= 11 is 0. The molecule has 0 aliphatic heterocycles. The minimum atomic E-state index is 0.629. The van der Waals surface area contributed by atoms with Crippen molar-refractivity contribution in [2.24, 2.45) is 0 Å². The molecule has 0 bridgehead atoms. The minimum Gasteiger partial charge on any atom is -0.436 e. The third-order valence-corrected chi connectivity index (χ3v) is 11.0. The summed E-state index contributed by atoms with van der Waals surface area (Å²) in [5.41, 5.74) is 14.3. The molecule has 0 aliphatic rings. The van der Waals surface area contributed by atoms with E-state index in [1.807, 2.05) is 48.5 Å². The van der Waals surface area contributed by atoms with Crippen molar-refractivity contribution in [3.05, 3.63) is 182 Å². The maximum absolute atomic E-state index is 6.13. The van der Waals surface area contributed by atoms with Gasteiger partial charge < -0.3 is 18.0 Å². The number of nitrogens with zero attached hydrogens (tertiary/aromatic N) is 4. The summed E-state index contributed by atoms with van der Waals surface area (Å²) in [5, 5.41) is 4.69. The van der Waals surface area contributed by atoms with Gasteiger partial charge in [0.25, 0.3) is 0 Å². The zero-order valence-electron chi connectivity index (χ0n) is 29.9. The summed E-state index contributed by atoms with van der Waals surface area (Å²) in [7, 11) is 0. The van der Waals surface area contributed by atoms with Crippen molar-refractivity contribution in [2.45, 2.75) is 0 Å². The van der Waals surface area contributed by atoms with E-state index in [-0.39, 0.29) is 0 Å². The lowest BCUT2D eigenvalue weighted by atomic mass is 10.0. The molecule has 6 nitrogen and oxygen atoms in total. The second-order valence-electron chi connectivity index (χ2n) is 14.2. The van der Waals surface area contributed by atoms with E-state index in [0.717, 1.165) is 88.7 Å². The molecule has 0 saturated heterocycles. The first-order chi connectivity index (χ1) is 27.7. The molecule has 12 aromatic rings. The van der Waals surface area contributed by atoms with Gasteiger partial charge in [-0.05, 0) is 108 Å². The quantitative estimate of drug-likeness (QED) is 0.178. The lowest BCUT2D eigenvalue weighted by Gasteiger charge is -2.11. The first kappa shape index (κ1) is 30.7. The van der Waals surface area contributed by atoms with Crippen LogP contribution in [-0.4, -0.2) is 19.1 Å². The van der Waals surface area contributed by atoms with Crippen LogP contribution in [-0.2, 0) is 0 Å². The van der Waals surface area contributed by atoms with Crippen molar-refractivity contribution >= 4 is 65.8 Å². The van der Waals surface area contributed by atoms with E-state index in [0.29, 0.717) is 11.8 Å². The number of hydrogen-bond acceptors (Lipinski definition) is 4. The van der Waals surface area contributed by atoms with Gasteiger partial charge in [0.2, 0.25) is 11.8 Å². The lowest BCUT2D eigenvalue weighted by molar-refractivity contribution is 0.619. The predicted octanol–water partition coefficient (Wildman–Crippen LogP) is 13.2. The molecule has 56 heavy (non-hydrogen) atoms. The highest BCUT2D eigenvalue weighted by Gasteiger charge is 2.17. The Morgan fingerprint density at radius 2 is 0.696 bits per heavy atom. The van der Waals surface area contributed by atoms with Crippen molar-refractivity contribution in [3.8, 4) is 45.4 Å². The number of rotatable bonds is 5. The fraction of sp³-hybridized carbons (Fsp3) is 0. The summed E-state index contributed by atoms with van der Waals surface area (Å²) in [6.45, 7) is 0. The highest BCUT2D eigenvalue weighted by Crippen LogP contribution is 2.38.